The van der Waals surface area contributed by atoms with Crippen LogP contribution in [-0.4, -0.2) is 27.9 Å². The molecule has 0 saturated heterocycles. The zero-order valence-corrected chi connectivity index (χ0v) is 18.1. The van der Waals surface area contributed by atoms with E-state index >= 15 is 0 Å². The fraction of sp³-hybridized carbons (Fsp3) is 0.192. The van der Waals surface area contributed by atoms with E-state index in [-0.39, 0.29) is 12.0 Å². The van der Waals surface area contributed by atoms with Crippen molar-refractivity contribution in [2.24, 2.45) is 5.41 Å². The van der Waals surface area contributed by atoms with Crippen molar-refractivity contribution in [2.75, 3.05) is 0 Å². The van der Waals surface area contributed by atoms with Crippen LogP contribution in [0.2, 0.25) is 5.02 Å². The second-order valence-corrected chi connectivity index (χ2v) is 8.15. The number of aliphatic carboxylic acids is 2. The fourth-order valence-corrected chi connectivity index (χ4v) is 3.78. The summed E-state index contributed by atoms with van der Waals surface area (Å²) in [6.45, 7) is 0. The second kappa shape index (κ2) is 10.2. The van der Waals surface area contributed by atoms with E-state index in [0.29, 0.717) is 17.9 Å². The zero-order chi connectivity index (χ0) is 23.1. The number of hydrogen-bond acceptors (Lipinski definition) is 3. The topological polar surface area (TPSA) is 91.7 Å². The van der Waals surface area contributed by atoms with Crippen LogP contribution in [-0.2, 0) is 16.0 Å². The highest BCUT2D eigenvalue weighted by molar-refractivity contribution is 6.30. The molecule has 0 aliphatic rings. The molecule has 164 valence electrons. The van der Waals surface area contributed by atoms with Crippen molar-refractivity contribution in [3.63, 3.8) is 0 Å². The molecule has 0 aliphatic heterocycles. The normalized spacial score (nSPS) is 11.2. The third-order valence-corrected chi connectivity index (χ3v) is 5.83. The van der Waals surface area contributed by atoms with Gasteiger partial charge in [-0.25, -0.2) is 0 Å². The van der Waals surface area contributed by atoms with Crippen molar-refractivity contribution in [1.29, 1.82) is 0 Å². The third kappa shape index (κ3) is 5.42. The average Bonchev–Trinajstić information content (AvgIpc) is 2.79. The SMILES string of the molecule is O=C(CC(CCCc1ccccc1)(C(=O)O)C(=O)O)c1ccc(-c2ccc(Cl)cc2)cc1. The molecule has 0 aromatic heterocycles. The lowest BCUT2D eigenvalue weighted by Gasteiger charge is -2.24. The Bertz CT molecular complexity index is 1080. The van der Waals surface area contributed by atoms with E-state index < -0.39 is 29.6 Å². The summed E-state index contributed by atoms with van der Waals surface area (Å²) in [7, 11) is 0. The van der Waals surface area contributed by atoms with Gasteiger partial charge in [-0.05, 0) is 48.1 Å². The molecule has 0 radical (unpaired) electrons. The van der Waals surface area contributed by atoms with Crippen LogP contribution in [0, 0.1) is 5.41 Å². The first-order valence-electron chi connectivity index (χ1n) is 10.2. The monoisotopic (exact) mass is 450 g/mol. The summed E-state index contributed by atoms with van der Waals surface area (Å²) in [5, 5.41) is 20.1. The van der Waals surface area contributed by atoms with Crippen molar-refractivity contribution < 1.29 is 24.6 Å². The van der Waals surface area contributed by atoms with Gasteiger partial charge in [0.1, 0.15) is 0 Å². The van der Waals surface area contributed by atoms with Crippen LogP contribution in [0.5, 0.6) is 0 Å². The van der Waals surface area contributed by atoms with Gasteiger partial charge in [0.15, 0.2) is 11.2 Å². The number of carbonyl (C=O) groups excluding carboxylic acids is 1. The van der Waals surface area contributed by atoms with Crippen LogP contribution in [0.3, 0.4) is 0 Å². The van der Waals surface area contributed by atoms with Crippen LogP contribution in [0.25, 0.3) is 11.1 Å². The molecule has 0 heterocycles. The Morgan fingerprint density at radius 3 is 1.81 bits per heavy atom. The summed E-state index contributed by atoms with van der Waals surface area (Å²) < 4.78 is 0. The number of aryl methyl sites for hydroxylation is 1. The molecule has 5 nitrogen and oxygen atoms in total. The van der Waals surface area contributed by atoms with Gasteiger partial charge in [-0.1, -0.05) is 78.3 Å². The number of ketones is 1. The fourth-order valence-electron chi connectivity index (χ4n) is 3.65. The number of carboxylic acids is 2. The lowest BCUT2D eigenvalue weighted by molar-refractivity contribution is -0.165. The second-order valence-electron chi connectivity index (χ2n) is 7.72. The number of carbonyl (C=O) groups is 3. The van der Waals surface area contributed by atoms with Gasteiger partial charge in [0.2, 0.25) is 0 Å². The van der Waals surface area contributed by atoms with E-state index in [2.05, 4.69) is 0 Å². The number of carboxylic acid groups (broad SMARTS) is 2. The largest absolute Gasteiger partial charge is 0.480 e. The maximum Gasteiger partial charge on any atom is 0.321 e. The molecule has 3 aromatic carbocycles. The quantitative estimate of drug-likeness (QED) is 0.302. The van der Waals surface area contributed by atoms with Gasteiger partial charge in [-0.15, -0.1) is 0 Å². The minimum absolute atomic E-state index is 0.138. The van der Waals surface area contributed by atoms with Crippen molar-refractivity contribution in [2.45, 2.75) is 25.7 Å². The Balaban J connectivity index is 1.74. The number of hydrogen-bond donors (Lipinski definition) is 2. The van der Waals surface area contributed by atoms with Crippen molar-refractivity contribution in [1.82, 2.24) is 0 Å². The van der Waals surface area contributed by atoms with Crippen LogP contribution in [0.15, 0.2) is 78.9 Å². The Morgan fingerprint density at radius 1 is 0.750 bits per heavy atom. The maximum absolute atomic E-state index is 12.9. The molecule has 0 aliphatic carbocycles. The van der Waals surface area contributed by atoms with Gasteiger partial charge in [-0.2, -0.15) is 0 Å². The van der Waals surface area contributed by atoms with Gasteiger partial charge in [-0.3, -0.25) is 14.4 Å². The molecule has 0 amide bonds. The molecular weight excluding hydrogens is 428 g/mol. The van der Waals surface area contributed by atoms with Crippen molar-refractivity contribution in [3.8, 4) is 11.1 Å². The van der Waals surface area contributed by atoms with Crippen LogP contribution in [0.1, 0.15) is 35.2 Å². The van der Waals surface area contributed by atoms with E-state index in [1.807, 2.05) is 42.5 Å². The predicted octanol–water partition coefficient (Wildman–Crippen LogP) is 5.76. The summed E-state index contributed by atoms with van der Waals surface area (Å²) in [5.74, 6) is -3.51. The molecule has 0 spiro atoms. The minimum atomic E-state index is -2.17. The number of rotatable bonds is 10. The van der Waals surface area contributed by atoms with E-state index in [4.69, 9.17) is 11.6 Å². The number of Topliss-reactive ketones (excluding diaryl/α,β-unsaturated/α-hetero) is 1. The molecule has 0 fully saturated rings. The first-order valence-corrected chi connectivity index (χ1v) is 10.6. The number of benzene rings is 3. The lowest BCUT2D eigenvalue weighted by atomic mass is 9.77. The van der Waals surface area contributed by atoms with E-state index in [0.717, 1.165) is 16.7 Å². The van der Waals surface area contributed by atoms with Gasteiger partial charge in [0.25, 0.3) is 0 Å². The van der Waals surface area contributed by atoms with Gasteiger partial charge in [0.05, 0.1) is 0 Å². The lowest BCUT2D eigenvalue weighted by Crippen LogP contribution is -2.41. The Morgan fingerprint density at radius 2 is 1.28 bits per heavy atom. The minimum Gasteiger partial charge on any atom is -0.480 e. The van der Waals surface area contributed by atoms with E-state index in [1.165, 1.54) is 0 Å². The molecule has 0 unspecified atom stereocenters. The van der Waals surface area contributed by atoms with Gasteiger partial charge >= 0.3 is 11.9 Å². The highest BCUT2D eigenvalue weighted by Crippen LogP contribution is 2.32. The van der Waals surface area contributed by atoms with Crippen molar-refractivity contribution in [3.05, 3.63) is 95.0 Å². The van der Waals surface area contributed by atoms with E-state index in [9.17, 15) is 24.6 Å². The summed E-state index contributed by atoms with van der Waals surface area (Å²) in [6.07, 6.45) is 0.131. The van der Waals surface area contributed by atoms with Gasteiger partial charge in [0, 0.05) is 17.0 Å². The molecule has 3 aromatic rings. The Hall–Kier alpha value is -3.44. The van der Waals surface area contributed by atoms with Gasteiger partial charge < -0.3 is 10.2 Å². The molecule has 0 bridgehead atoms. The molecule has 0 atom stereocenters. The van der Waals surface area contributed by atoms with Crippen LogP contribution < -0.4 is 0 Å². The highest BCUT2D eigenvalue weighted by Gasteiger charge is 2.47. The summed E-state index contributed by atoms with van der Waals surface area (Å²) >= 11 is 5.91. The Kier molecular flexibility index (Phi) is 7.44. The molecule has 32 heavy (non-hydrogen) atoms. The first-order chi connectivity index (χ1) is 15.3. The molecule has 6 heteroatoms. The zero-order valence-electron chi connectivity index (χ0n) is 17.3. The third-order valence-electron chi connectivity index (χ3n) is 5.58. The van der Waals surface area contributed by atoms with Crippen molar-refractivity contribution >= 4 is 29.3 Å². The standard InChI is InChI=1S/C26H23ClO5/c27-22-14-12-20(13-15-22)19-8-10-21(11-9-19)23(28)17-26(24(29)30,25(31)32)16-4-7-18-5-2-1-3-6-18/h1-3,5-6,8-15H,4,7,16-17H2,(H,29,30)(H,31,32). The molecule has 3 rings (SSSR count). The van der Waals surface area contributed by atoms with E-state index in [1.54, 1.807) is 36.4 Å². The first kappa shape index (κ1) is 23.2. The Labute approximate surface area is 191 Å². The summed E-state index contributed by atoms with van der Waals surface area (Å²) in [6, 6.07) is 23.3. The smallest absolute Gasteiger partial charge is 0.321 e. The average molecular weight is 451 g/mol. The van der Waals surface area contributed by atoms with Crippen LogP contribution >= 0.6 is 11.6 Å². The molecule has 0 saturated carbocycles. The highest BCUT2D eigenvalue weighted by atomic mass is 35.5. The number of halogens is 1. The molecule has 2 N–H and O–H groups in total. The predicted molar refractivity (Wildman–Crippen MR) is 123 cm³/mol. The summed E-state index contributed by atoms with van der Waals surface area (Å²) in [4.78, 5) is 36.8. The summed E-state index contributed by atoms with van der Waals surface area (Å²) in [5.41, 5.74) is 0.878. The van der Waals surface area contributed by atoms with Crippen LogP contribution in [0.4, 0.5) is 0 Å². The molecular formula is C26H23ClO5. The maximum atomic E-state index is 12.9.